The lowest BCUT2D eigenvalue weighted by Crippen LogP contribution is -2.23. The highest BCUT2D eigenvalue weighted by Gasteiger charge is 2.21. The van der Waals surface area contributed by atoms with E-state index in [9.17, 15) is 4.79 Å². The molecule has 4 aromatic rings. The third-order valence-electron chi connectivity index (χ3n) is 4.74. The lowest BCUT2D eigenvalue weighted by Gasteiger charge is -2.14. The number of rotatable bonds is 7. The Kier molecular flexibility index (Phi) is 5.94. The van der Waals surface area contributed by atoms with E-state index < -0.39 is 0 Å². The van der Waals surface area contributed by atoms with Gasteiger partial charge in [0.1, 0.15) is 5.82 Å². The van der Waals surface area contributed by atoms with Gasteiger partial charge in [-0.2, -0.15) is 4.98 Å². The molecule has 0 spiro atoms. The minimum absolute atomic E-state index is 0.150. The number of aromatic nitrogens is 5. The molecule has 0 fully saturated rings. The summed E-state index contributed by atoms with van der Waals surface area (Å²) >= 11 is 1.41. The minimum Gasteiger partial charge on any atom is -0.338 e. The summed E-state index contributed by atoms with van der Waals surface area (Å²) in [6, 6.07) is 11.1. The summed E-state index contributed by atoms with van der Waals surface area (Å²) in [5.41, 5.74) is 1.51. The van der Waals surface area contributed by atoms with Gasteiger partial charge in [-0.25, -0.2) is 14.5 Å². The van der Waals surface area contributed by atoms with Gasteiger partial charge in [0, 0.05) is 12.6 Å². The van der Waals surface area contributed by atoms with E-state index in [1.54, 1.807) is 16.8 Å². The Morgan fingerprint density at radius 2 is 2.03 bits per heavy atom. The van der Waals surface area contributed by atoms with E-state index in [-0.39, 0.29) is 10.8 Å². The van der Waals surface area contributed by atoms with Crippen molar-refractivity contribution in [3.05, 3.63) is 70.2 Å². The number of thioether (sulfide) groups is 1. The molecule has 0 radical (unpaired) electrons. The Bertz CT molecular complexity index is 1230. The van der Waals surface area contributed by atoms with Crippen LogP contribution in [0, 0.1) is 6.92 Å². The molecule has 0 aliphatic carbocycles. The minimum atomic E-state index is -0.169. The summed E-state index contributed by atoms with van der Waals surface area (Å²) in [5, 5.41) is 5.00. The predicted octanol–water partition coefficient (Wildman–Crippen LogP) is 4.67. The van der Waals surface area contributed by atoms with Crippen LogP contribution in [0.25, 0.3) is 16.7 Å². The van der Waals surface area contributed by atoms with Crippen LogP contribution in [0.4, 0.5) is 0 Å². The fourth-order valence-electron chi connectivity index (χ4n) is 3.11. The van der Waals surface area contributed by atoms with Crippen LogP contribution >= 0.6 is 11.8 Å². The third-order valence-corrected chi connectivity index (χ3v) is 5.78. The smallest absolute Gasteiger partial charge is 0.267 e. The molecule has 30 heavy (non-hydrogen) atoms. The first-order valence-electron chi connectivity index (χ1n) is 10.0. The molecule has 1 atom stereocenters. The molecule has 1 aromatic carbocycles. The van der Waals surface area contributed by atoms with Gasteiger partial charge >= 0.3 is 0 Å². The molecule has 8 heteroatoms. The normalized spacial score (nSPS) is 12.4. The molecular formula is C22H23N5O2S. The number of para-hydroxylation sites is 1. The molecule has 7 nitrogen and oxygen atoms in total. The molecular weight excluding hydrogens is 398 g/mol. The molecule has 0 bridgehead atoms. The van der Waals surface area contributed by atoms with Crippen molar-refractivity contribution in [3.63, 3.8) is 0 Å². The van der Waals surface area contributed by atoms with Gasteiger partial charge in [-0.15, -0.1) is 0 Å². The summed E-state index contributed by atoms with van der Waals surface area (Å²) < 4.78 is 7.03. The lowest BCUT2D eigenvalue weighted by molar-refractivity contribution is 0.374. The van der Waals surface area contributed by atoms with Crippen molar-refractivity contribution >= 4 is 22.7 Å². The molecule has 0 aliphatic rings. The third kappa shape index (κ3) is 4.14. The summed E-state index contributed by atoms with van der Waals surface area (Å²) in [7, 11) is 0. The maximum atomic E-state index is 13.3. The highest BCUT2D eigenvalue weighted by atomic mass is 32.2. The summed E-state index contributed by atoms with van der Waals surface area (Å²) in [6.07, 6.45) is 4.59. The fourth-order valence-corrected chi connectivity index (χ4v) is 4.06. The quantitative estimate of drug-likeness (QED) is 0.317. The first-order valence-corrected chi connectivity index (χ1v) is 10.9. The van der Waals surface area contributed by atoms with Gasteiger partial charge in [0.15, 0.2) is 11.0 Å². The largest absolute Gasteiger partial charge is 0.338 e. The van der Waals surface area contributed by atoms with Gasteiger partial charge in [-0.1, -0.05) is 42.4 Å². The summed E-state index contributed by atoms with van der Waals surface area (Å²) in [5.74, 6) is 1.78. The SMILES string of the molecule is CCCCc1noc([C@@H](C)Sc2nc3ccccc3c(=O)n2-c2cc(C)ccn2)n1. The summed E-state index contributed by atoms with van der Waals surface area (Å²) in [6.45, 7) is 6.07. The maximum Gasteiger partial charge on any atom is 0.267 e. The van der Waals surface area contributed by atoms with Crippen molar-refractivity contribution in [3.8, 4) is 5.82 Å². The average Bonchev–Trinajstić information content (AvgIpc) is 3.22. The number of fused-ring (bicyclic) bond motifs is 1. The van der Waals surface area contributed by atoms with Gasteiger partial charge in [0.05, 0.1) is 16.2 Å². The molecule has 0 unspecified atom stereocenters. The monoisotopic (exact) mass is 421 g/mol. The van der Waals surface area contributed by atoms with Crippen LogP contribution in [-0.4, -0.2) is 24.7 Å². The summed E-state index contributed by atoms with van der Waals surface area (Å²) in [4.78, 5) is 27.0. The Labute approximate surface area is 178 Å². The standard InChI is InChI=1S/C22H23N5O2S/c1-4-5-10-18-25-20(29-26-18)15(3)30-22-24-17-9-7-6-8-16(17)21(28)27(22)19-13-14(2)11-12-23-19/h6-9,11-13,15H,4-5,10H2,1-3H3/t15-/m1/s1. The van der Waals surface area contributed by atoms with Gasteiger partial charge in [-0.05, 0) is 50.1 Å². The second-order valence-electron chi connectivity index (χ2n) is 7.16. The number of nitrogens with zero attached hydrogens (tertiary/aromatic N) is 5. The van der Waals surface area contributed by atoms with Crippen LogP contribution in [0.15, 0.2) is 57.1 Å². The highest BCUT2D eigenvalue weighted by molar-refractivity contribution is 7.99. The van der Waals surface area contributed by atoms with Gasteiger partial charge in [0.2, 0.25) is 5.89 Å². The van der Waals surface area contributed by atoms with Crippen LogP contribution < -0.4 is 5.56 Å². The van der Waals surface area contributed by atoms with E-state index in [0.29, 0.717) is 33.6 Å². The zero-order valence-corrected chi connectivity index (χ0v) is 18.0. The Balaban J connectivity index is 1.76. The fraction of sp³-hybridized carbons (Fsp3) is 0.318. The van der Waals surface area contributed by atoms with Gasteiger partial charge in [-0.3, -0.25) is 4.79 Å². The van der Waals surface area contributed by atoms with Crippen LogP contribution in [0.5, 0.6) is 0 Å². The van der Waals surface area contributed by atoms with Crippen LogP contribution in [-0.2, 0) is 6.42 Å². The molecule has 3 aromatic heterocycles. The second kappa shape index (κ2) is 8.79. The van der Waals surface area contributed by atoms with Crippen molar-refractivity contribution in [2.24, 2.45) is 0 Å². The number of aryl methyl sites for hydroxylation is 2. The van der Waals surface area contributed by atoms with E-state index in [1.807, 2.05) is 44.2 Å². The first-order chi connectivity index (χ1) is 14.6. The van der Waals surface area contributed by atoms with Crippen molar-refractivity contribution in [2.45, 2.75) is 50.4 Å². The predicted molar refractivity (Wildman–Crippen MR) is 117 cm³/mol. The number of benzene rings is 1. The van der Waals surface area contributed by atoms with E-state index in [4.69, 9.17) is 9.51 Å². The molecule has 0 aliphatic heterocycles. The van der Waals surface area contributed by atoms with Crippen molar-refractivity contribution < 1.29 is 4.52 Å². The van der Waals surface area contributed by atoms with Gasteiger partial charge in [0.25, 0.3) is 5.56 Å². The molecule has 154 valence electrons. The van der Waals surface area contributed by atoms with Crippen LogP contribution in [0.3, 0.4) is 0 Å². The Hall–Kier alpha value is -3.00. The topological polar surface area (TPSA) is 86.7 Å². The zero-order chi connectivity index (χ0) is 21.1. The average molecular weight is 422 g/mol. The van der Waals surface area contributed by atoms with Crippen LogP contribution in [0.2, 0.25) is 0 Å². The lowest BCUT2D eigenvalue weighted by atomic mass is 10.2. The van der Waals surface area contributed by atoms with Gasteiger partial charge < -0.3 is 4.52 Å². The number of unbranched alkanes of at least 4 members (excludes halogenated alkanes) is 1. The van der Waals surface area contributed by atoms with E-state index in [0.717, 1.165) is 24.8 Å². The molecule has 3 heterocycles. The zero-order valence-electron chi connectivity index (χ0n) is 17.2. The molecule has 0 amide bonds. The van der Waals surface area contributed by atoms with E-state index >= 15 is 0 Å². The van der Waals surface area contributed by atoms with E-state index in [1.165, 1.54) is 11.8 Å². The van der Waals surface area contributed by atoms with E-state index in [2.05, 4.69) is 22.0 Å². The van der Waals surface area contributed by atoms with Crippen LogP contribution in [0.1, 0.15) is 49.2 Å². The Morgan fingerprint density at radius 3 is 2.83 bits per heavy atom. The Morgan fingerprint density at radius 1 is 1.20 bits per heavy atom. The first kappa shape index (κ1) is 20.3. The molecule has 0 saturated heterocycles. The van der Waals surface area contributed by atoms with Crippen molar-refractivity contribution in [2.75, 3.05) is 0 Å². The highest BCUT2D eigenvalue weighted by Crippen LogP contribution is 2.34. The molecule has 4 rings (SSSR count). The maximum absolute atomic E-state index is 13.3. The number of pyridine rings is 1. The molecule has 0 saturated carbocycles. The van der Waals surface area contributed by atoms with Crippen molar-refractivity contribution in [1.82, 2.24) is 24.7 Å². The second-order valence-corrected chi connectivity index (χ2v) is 8.46. The number of hydrogen-bond donors (Lipinski definition) is 0. The van der Waals surface area contributed by atoms with Crippen molar-refractivity contribution in [1.29, 1.82) is 0 Å². The number of hydrogen-bond acceptors (Lipinski definition) is 7. The molecule has 0 N–H and O–H groups in total.